The van der Waals surface area contributed by atoms with Gasteiger partial charge < -0.3 is 14.2 Å². The lowest BCUT2D eigenvalue weighted by Gasteiger charge is -2.16. The Kier molecular flexibility index (Phi) is 6.77. The quantitative estimate of drug-likeness (QED) is 0.183. The summed E-state index contributed by atoms with van der Waals surface area (Å²) in [6.45, 7) is 2.25. The predicted octanol–water partition coefficient (Wildman–Crippen LogP) is 14.8. The average molecular weight is 692 g/mol. The molecule has 0 radical (unpaired) electrons. The lowest BCUT2D eigenvalue weighted by molar-refractivity contribution is 0.668. The van der Waals surface area contributed by atoms with E-state index < -0.39 is 0 Å². The molecule has 254 valence electrons. The van der Waals surface area contributed by atoms with Crippen molar-refractivity contribution in [3.63, 3.8) is 0 Å². The van der Waals surface area contributed by atoms with Crippen molar-refractivity contribution >= 4 is 76.8 Å². The van der Waals surface area contributed by atoms with Gasteiger partial charge in [-0.25, -0.2) is 0 Å². The number of nitrogens with one attached hydrogen (secondary N) is 1. The molecule has 11 rings (SSSR count). The summed E-state index contributed by atoms with van der Waals surface area (Å²) in [6.07, 6.45) is 0. The molecule has 0 aliphatic carbocycles. The lowest BCUT2D eigenvalue weighted by Crippen LogP contribution is -1.93. The molecule has 11 aromatic rings. The maximum Gasteiger partial charge on any atom is 0.137 e. The van der Waals surface area contributed by atoms with Gasteiger partial charge in [0.15, 0.2) is 0 Å². The van der Waals surface area contributed by atoms with Gasteiger partial charge in [-0.3, -0.25) is 0 Å². The molecule has 1 N–H and O–H groups in total. The van der Waals surface area contributed by atoms with Crippen LogP contribution in [0, 0.1) is 6.92 Å². The van der Waals surface area contributed by atoms with Gasteiger partial charge in [-0.2, -0.15) is 0 Å². The van der Waals surface area contributed by atoms with E-state index in [9.17, 15) is 0 Å². The van der Waals surface area contributed by atoms with Crippen LogP contribution in [0.15, 0.2) is 185 Å². The molecular weight excluding hydrogens is 659 g/mol. The molecule has 0 amide bonds. The van der Waals surface area contributed by atoms with Crippen molar-refractivity contribution < 1.29 is 8.83 Å². The first-order valence-electron chi connectivity index (χ1n) is 18.4. The first-order valence-corrected chi connectivity index (χ1v) is 18.4. The Morgan fingerprint density at radius 1 is 0.370 bits per heavy atom. The Labute approximate surface area is 311 Å². The lowest BCUT2D eigenvalue weighted by atomic mass is 9.87. The van der Waals surface area contributed by atoms with Crippen molar-refractivity contribution in [2.45, 2.75) is 6.92 Å². The Morgan fingerprint density at radius 3 is 1.81 bits per heavy atom. The highest BCUT2D eigenvalue weighted by molar-refractivity contribution is 6.19. The molecule has 9 aromatic carbocycles. The van der Waals surface area contributed by atoms with Gasteiger partial charge in [0.25, 0.3) is 0 Å². The second-order valence-electron chi connectivity index (χ2n) is 14.1. The number of hydrogen-bond donors (Lipinski definition) is 1. The summed E-state index contributed by atoms with van der Waals surface area (Å²) in [5.41, 5.74) is 13.9. The summed E-state index contributed by atoms with van der Waals surface area (Å²) in [5.74, 6) is 0. The summed E-state index contributed by atoms with van der Waals surface area (Å²) >= 11 is 0. The minimum atomic E-state index is 0.854. The topological polar surface area (TPSA) is 38.3 Å². The van der Waals surface area contributed by atoms with Gasteiger partial charge in [-0.1, -0.05) is 121 Å². The maximum absolute atomic E-state index is 6.54. The number of furan rings is 2. The summed E-state index contributed by atoms with van der Waals surface area (Å²) in [5, 5.41) is 13.3. The minimum Gasteiger partial charge on any atom is -0.456 e. The Hall–Kier alpha value is -7.10. The van der Waals surface area contributed by atoms with E-state index in [0.29, 0.717) is 0 Å². The minimum absolute atomic E-state index is 0.854. The average Bonchev–Trinajstić information content (AvgIpc) is 3.80. The highest BCUT2D eigenvalue weighted by Gasteiger charge is 2.19. The van der Waals surface area contributed by atoms with E-state index in [0.717, 1.165) is 71.9 Å². The summed E-state index contributed by atoms with van der Waals surface area (Å²) < 4.78 is 12.7. The third-order valence-corrected chi connectivity index (χ3v) is 11.1. The van der Waals surface area contributed by atoms with Gasteiger partial charge in [-0.15, -0.1) is 0 Å². The van der Waals surface area contributed by atoms with Gasteiger partial charge in [0.05, 0.1) is 11.1 Å². The van der Waals surface area contributed by atoms with E-state index in [2.05, 4.69) is 176 Å². The van der Waals surface area contributed by atoms with Crippen LogP contribution in [0.25, 0.3) is 98.8 Å². The van der Waals surface area contributed by atoms with Crippen molar-refractivity contribution in [3.05, 3.63) is 181 Å². The van der Waals surface area contributed by atoms with E-state index in [-0.39, 0.29) is 0 Å². The normalized spacial score (nSPS) is 11.8. The number of para-hydroxylation sites is 1. The smallest absolute Gasteiger partial charge is 0.137 e. The highest BCUT2D eigenvalue weighted by Crippen LogP contribution is 2.44. The van der Waals surface area contributed by atoms with Crippen molar-refractivity contribution in [1.29, 1.82) is 0 Å². The van der Waals surface area contributed by atoms with Crippen LogP contribution in [0.1, 0.15) is 5.56 Å². The number of anilines is 2. The summed E-state index contributed by atoms with van der Waals surface area (Å²) in [7, 11) is 0. The van der Waals surface area contributed by atoms with Crippen LogP contribution in [0.4, 0.5) is 11.4 Å². The monoisotopic (exact) mass is 691 g/mol. The Morgan fingerprint density at radius 2 is 0.963 bits per heavy atom. The molecule has 3 nitrogen and oxygen atoms in total. The molecule has 0 saturated heterocycles. The van der Waals surface area contributed by atoms with E-state index in [4.69, 9.17) is 8.83 Å². The third kappa shape index (κ3) is 4.76. The first-order chi connectivity index (χ1) is 26.7. The summed E-state index contributed by atoms with van der Waals surface area (Å²) in [4.78, 5) is 0. The molecule has 0 spiro atoms. The number of benzene rings is 9. The molecule has 0 aliphatic rings. The van der Waals surface area contributed by atoms with E-state index in [1.165, 1.54) is 43.8 Å². The van der Waals surface area contributed by atoms with Gasteiger partial charge >= 0.3 is 0 Å². The molecule has 0 fully saturated rings. The zero-order valence-corrected chi connectivity index (χ0v) is 29.6. The second-order valence-corrected chi connectivity index (χ2v) is 14.1. The number of hydrogen-bond acceptors (Lipinski definition) is 3. The standard InChI is InChI=1S/C51H33NO2/c1-31-36(16-8-17-37(31)44-29-34-11-2-3-12-38(34)39-13-4-5-14-40(39)44)43-18-9-21-47-50(43)51-45(19-10-22-48(51)54-47)52-35-26-23-32(24-27-35)33-25-28-42-41-15-6-7-20-46(41)53-49(42)30-33/h2-30,52H,1H3. The molecule has 54 heavy (non-hydrogen) atoms. The van der Waals surface area contributed by atoms with Crippen LogP contribution in [0.3, 0.4) is 0 Å². The Bertz CT molecular complexity index is 3250. The fourth-order valence-electron chi connectivity index (χ4n) is 8.50. The second kappa shape index (κ2) is 12.0. The molecule has 0 atom stereocenters. The van der Waals surface area contributed by atoms with Gasteiger partial charge in [0.1, 0.15) is 22.3 Å². The zero-order chi connectivity index (χ0) is 35.8. The molecule has 0 aliphatic heterocycles. The molecule has 2 heterocycles. The molecule has 3 heteroatoms. The largest absolute Gasteiger partial charge is 0.456 e. The van der Waals surface area contributed by atoms with Crippen LogP contribution >= 0.6 is 0 Å². The van der Waals surface area contributed by atoms with Crippen LogP contribution in [0.2, 0.25) is 0 Å². The highest BCUT2D eigenvalue weighted by atomic mass is 16.3. The number of rotatable bonds is 5. The number of fused-ring (bicyclic) bond motifs is 9. The van der Waals surface area contributed by atoms with Crippen LogP contribution in [-0.4, -0.2) is 0 Å². The van der Waals surface area contributed by atoms with Gasteiger partial charge in [0, 0.05) is 21.8 Å². The molecule has 0 bridgehead atoms. The molecule has 0 unspecified atom stereocenters. The predicted molar refractivity (Wildman–Crippen MR) is 227 cm³/mol. The third-order valence-electron chi connectivity index (χ3n) is 11.1. The van der Waals surface area contributed by atoms with Crippen LogP contribution in [-0.2, 0) is 0 Å². The van der Waals surface area contributed by atoms with Gasteiger partial charge in [-0.05, 0) is 122 Å². The van der Waals surface area contributed by atoms with Crippen molar-refractivity contribution in [1.82, 2.24) is 0 Å². The Balaban J connectivity index is 0.998. The molecule has 0 saturated carbocycles. The molecule has 2 aromatic heterocycles. The van der Waals surface area contributed by atoms with Crippen LogP contribution in [0.5, 0.6) is 0 Å². The SMILES string of the molecule is Cc1c(-c2cc3ccccc3c3ccccc23)cccc1-c1cccc2oc3cccc(Nc4ccc(-c5ccc6c(c5)oc5ccccc56)cc4)c3c12. The van der Waals surface area contributed by atoms with E-state index in [1.807, 2.05) is 12.1 Å². The molecular formula is C51H33NO2. The van der Waals surface area contributed by atoms with Crippen LogP contribution < -0.4 is 5.32 Å². The fourth-order valence-corrected chi connectivity index (χ4v) is 8.50. The first kappa shape index (κ1) is 30.5. The fraction of sp³-hybridized carbons (Fsp3) is 0.0196. The van der Waals surface area contributed by atoms with Crippen molar-refractivity contribution in [2.24, 2.45) is 0 Å². The summed E-state index contributed by atoms with van der Waals surface area (Å²) in [6, 6.07) is 62.4. The van der Waals surface area contributed by atoms with Crippen molar-refractivity contribution in [3.8, 4) is 33.4 Å². The van der Waals surface area contributed by atoms with E-state index >= 15 is 0 Å². The van der Waals surface area contributed by atoms with Crippen molar-refractivity contribution in [2.75, 3.05) is 5.32 Å². The van der Waals surface area contributed by atoms with Gasteiger partial charge in [0.2, 0.25) is 0 Å². The maximum atomic E-state index is 6.54. The zero-order valence-electron chi connectivity index (χ0n) is 29.6. The van der Waals surface area contributed by atoms with E-state index in [1.54, 1.807) is 0 Å².